The van der Waals surface area contributed by atoms with Crippen LogP contribution in [0, 0.1) is 5.41 Å². The molecule has 11 heavy (non-hydrogen) atoms. The molecule has 0 atom stereocenters. The second-order valence-corrected chi connectivity index (χ2v) is 3.35. The van der Waals surface area contributed by atoms with Crippen LogP contribution in [-0.2, 0) is 26.1 Å². The van der Waals surface area contributed by atoms with Gasteiger partial charge in [0, 0.05) is 13.1 Å². The van der Waals surface area contributed by atoms with Gasteiger partial charge < -0.3 is 10.6 Å². The normalized spacial score (nSPS) is 26.8. The van der Waals surface area contributed by atoms with Crippen molar-refractivity contribution in [3.05, 3.63) is 0 Å². The maximum absolute atomic E-state index is 3.38. The number of nitrogens with one attached hydrogen (secondary N) is 2. The van der Waals surface area contributed by atoms with Crippen LogP contribution >= 0.6 is 0 Å². The van der Waals surface area contributed by atoms with Gasteiger partial charge in [0.2, 0.25) is 0 Å². The van der Waals surface area contributed by atoms with Crippen LogP contribution in [0.2, 0.25) is 4.43 Å². The van der Waals surface area contributed by atoms with Crippen LogP contribution < -0.4 is 10.6 Å². The van der Waals surface area contributed by atoms with Crippen molar-refractivity contribution in [2.45, 2.75) is 17.3 Å². The Kier molecular flexibility index (Phi) is 4.32. The van der Waals surface area contributed by atoms with Crippen LogP contribution in [0.5, 0.6) is 0 Å². The van der Waals surface area contributed by atoms with E-state index in [1.165, 1.54) is 39.0 Å². The summed E-state index contributed by atoms with van der Waals surface area (Å²) in [5.74, 6) is 0. The fraction of sp³-hybridized carbons (Fsp3) is 1.00. The molecule has 0 saturated carbocycles. The third-order valence-electron chi connectivity index (χ3n) is 2.66. The van der Waals surface area contributed by atoms with Crippen molar-refractivity contribution in [3.8, 4) is 0 Å². The van der Waals surface area contributed by atoms with E-state index < -0.39 is 0 Å². The molecule has 2 rings (SSSR count). The predicted molar refractivity (Wildman–Crippen MR) is 43.3 cm³/mol. The first kappa shape index (κ1) is 9.94. The van der Waals surface area contributed by atoms with Crippen molar-refractivity contribution >= 4 is 0 Å². The van der Waals surface area contributed by atoms with Gasteiger partial charge in [-0.3, -0.25) is 0 Å². The molecular formula is C8H17HgN2. The van der Waals surface area contributed by atoms with E-state index in [0.29, 0.717) is 0 Å². The Labute approximate surface area is 85.5 Å². The van der Waals surface area contributed by atoms with Crippen molar-refractivity contribution in [1.29, 1.82) is 0 Å². The van der Waals surface area contributed by atoms with E-state index in [0.717, 1.165) is 31.5 Å². The van der Waals surface area contributed by atoms with Gasteiger partial charge in [0.1, 0.15) is 0 Å². The molecule has 2 aliphatic rings. The average molecular weight is 342 g/mol. The van der Waals surface area contributed by atoms with Gasteiger partial charge in [0.15, 0.2) is 0 Å². The molecule has 2 heterocycles. The molecule has 2 aliphatic heterocycles. The minimum absolute atomic E-state index is 0.727. The molecule has 0 unspecified atom stereocenters. The van der Waals surface area contributed by atoms with Crippen LogP contribution in [0.1, 0.15) is 12.8 Å². The van der Waals surface area contributed by atoms with Gasteiger partial charge in [0.05, 0.1) is 0 Å². The second-order valence-electron chi connectivity index (χ2n) is 3.35. The van der Waals surface area contributed by atoms with Gasteiger partial charge in [0.25, 0.3) is 0 Å². The second kappa shape index (κ2) is 4.78. The van der Waals surface area contributed by atoms with Gasteiger partial charge in [-0.05, 0) is 31.3 Å². The van der Waals surface area contributed by atoms with Crippen LogP contribution in [0.25, 0.3) is 0 Å². The van der Waals surface area contributed by atoms with Gasteiger partial charge in [-0.25, -0.2) is 0 Å². The first-order valence-corrected chi connectivity index (χ1v) is 10.0. The van der Waals surface area contributed by atoms with Gasteiger partial charge in [-0.2, -0.15) is 0 Å². The fourth-order valence-corrected chi connectivity index (χ4v) is 1.79. The first-order valence-electron chi connectivity index (χ1n) is 4.54. The molecule has 1 spiro atoms. The summed E-state index contributed by atoms with van der Waals surface area (Å²) < 4.78 is 2.19. The molecule has 0 aromatic heterocycles. The molecule has 0 amide bonds. The van der Waals surface area contributed by atoms with Gasteiger partial charge >= 0.3 is 30.6 Å². The van der Waals surface area contributed by atoms with Crippen molar-refractivity contribution < 1.29 is 26.1 Å². The Morgan fingerprint density at radius 3 is 1.82 bits per heavy atom. The van der Waals surface area contributed by atoms with Crippen molar-refractivity contribution in [2.24, 2.45) is 5.41 Å². The standard InChI is InChI=1S/C7H14N2.CH3.Hg/c1-3-8-4-2-7(1)5-9-6-7;;/h8-9H,1-6H2;1H3;. The van der Waals surface area contributed by atoms with E-state index in [9.17, 15) is 0 Å². The topological polar surface area (TPSA) is 24.1 Å². The quantitative estimate of drug-likeness (QED) is 0.629. The van der Waals surface area contributed by atoms with E-state index in [1.54, 1.807) is 0 Å². The molecule has 2 fully saturated rings. The first-order chi connectivity index (χ1) is 5.41. The molecule has 0 aliphatic carbocycles. The predicted octanol–water partition coefficient (Wildman–Crippen LogP) is 0.541. The third-order valence-corrected chi connectivity index (χ3v) is 2.66. The van der Waals surface area contributed by atoms with Crippen LogP contribution in [-0.4, -0.2) is 26.2 Å². The molecule has 0 aromatic rings. The third kappa shape index (κ3) is 2.39. The molecular weight excluding hydrogens is 325 g/mol. The fourth-order valence-electron chi connectivity index (χ4n) is 1.79. The molecule has 3 heteroatoms. The van der Waals surface area contributed by atoms with Gasteiger partial charge in [-0.15, -0.1) is 0 Å². The van der Waals surface area contributed by atoms with Crippen LogP contribution in [0.15, 0.2) is 0 Å². The molecule has 0 aromatic carbocycles. The van der Waals surface area contributed by atoms with E-state index in [2.05, 4.69) is 15.1 Å². The minimum atomic E-state index is 0.727. The van der Waals surface area contributed by atoms with Gasteiger partial charge in [-0.1, -0.05) is 0 Å². The summed E-state index contributed by atoms with van der Waals surface area (Å²) in [5.41, 5.74) is 0.727. The van der Waals surface area contributed by atoms with Crippen LogP contribution in [0.4, 0.5) is 0 Å². The molecule has 2 saturated heterocycles. The average Bonchev–Trinajstić information content (AvgIpc) is 2.07. The summed E-state index contributed by atoms with van der Waals surface area (Å²) in [4.78, 5) is 0. The Balaban J connectivity index is 0.000000281. The molecule has 61 valence electrons. The zero-order valence-electron chi connectivity index (χ0n) is 7.45. The number of hydrogen-bond acceptors (Lipinski definition) is 2. The molecule has 2 nitrogen and oxygen atoms in total. The number of piperidine rings is 1. The SMILES string of the molecule is C1CC2(CCN1)CNC2.[CH3][Hg]. The van der Waals surface area contributed by atoms with E-state index in [4.69, 9.17) is 0 Å². The van der Waals surface area contributed by atoms with E-state index in [-0.39, 0.29) is 0 Å². The Morgan fingerprint density at radius 1 is 1.00 bits per heavy atom. The number of rotatable bonds is 0. The van der Waals surface area contributed by atoms with Crippen molar-refractivity contribution in [1.82, 2.24) is 10.6 Å². The molecule has 2 N–H and O–H groups in total. The monoisotopic (exact) mass is 343 g/mol. The summed E-state index contributed by atoms with van der Waals surface area (Å²) in [6.45, 7) is 5.02. The molecule has 0 bridgehead atoms. The van der Waals surface area contributed by atoms with E-state index >= 15 is 0 Å². The Bertz CT molecular complexity index is 105. The van der Waals surface area contributed by atoms with E-state index in [1.807, 2.05) is 0 Å². The summed E-state index contributed by atoms with van der Waals surface area (Å²) in [6.07, 6.45) is 2.78. The van der Waals surface area contributed by atoms with Crippen molar-refractivity contribution in [3.63, 3.8) is 0 Å². The number of hydrogen-bond donors (Lipinski definition) is 2. The maximum atomic E-state index is 3.38. The Hall–Kier alpha value is 0.855. The zero-order valence-corrected chi connectivity index (χ0v) is 12.9. The molecule has 0 radical (unpaired) electrons. The summed E-state index contributed by atoms with van der Waals surface area (Å²) in [7, 11) is 0. The summed E-state index contributed by atoms with van der Waals surface area (Å²) in [6, 6.07) is 0. The van der Waals surface area contributed by atoms with Crippen LogP contribution in [0.3, 0.4) is 0 Å². The summed E-state index contributed by atoms with van der Waals surface area (Å²) >= 11 is 1.03. The summed E-state index contributed by atoms with van der Waals surface area (Å²) in [5, 5.41) is 6.72. The Morgan fingerprint density at radius 2 is 1.55 bits per heavy atom. The zero-order chi connectivity index (χ0) is 8.16. The van der Waals surface area contributed by atoms with Crippen molar-refractivity contribution in [2.75, 3.05) is 26.2 Å².